The molecule has 6 nitrogen and oxygen atoms in total. The van der Waals surface area contributed by atoms with Crippen LogP contribution in [0.3, 0.4) is 0 Å². The number of ether oxygens (including phenoxy) is 2. The number of anilines is 2. The maximum absolute atomic E-state index is 12.4. The van der Waals surface area contributed by atoms with Crippen molar-refractivity contribution in [2.75, 3.05) is 50.6 Å². The molecule has 0 spiro atoms. The Bertz CT molecular complexity index is 738. The highest BCUT2D eigenvalue weighted by molar-refractivity contribution is 5.94. The number of amides is 1. The van der Waals surface area contributed by atoms with Crippen molar-refractivity contribution in [1.29, 1.82) is 0 Å². The molecule has 144 valence electrons. The fraction of sp³-hybridized carbons (Fsp3) is 0.381. The van der Waals surface area contributed by atoms with Gasteiger partial charge in [-0.2, -0.15) is 0 Å². The monoisotopic (exact) mass is 369 g/mol. The van der Waals surface area contributed by atoms with E-state index in [1.54, 1.807) is 38.3 Å². The molecular formula is C21H27N3O3. The minimum Gasteiger partial charge on any atom is -0.497 e. The second-order valence-corrected chi connectivity index (χ2v) is 6.76. The zero-order valence-corrected chi connectivity index (χ0v) is 16.1. The first kappa shape index (κ1) is 19.0. The van der Waals surface area contributed by atoms with Crippen LogP contribution in [-0.4, -0.2) is 57.2 Å². The molecule has 1 atom stereocenters. The van der Waals surface area contributed by atoms with Crippen LogP contribution in [0.25, 0.3) is 0 Å². The van der Waals surface area contributed by atoms with Crippen molar-refractivity contribution < 1.29 is 14.3 Å². The smallest absolute Gasteiger partial charge is 0.265 e. The van der Waals surface area contributed by atoms with Crippen molar-refractivity contribution in [2.24, 2.45) is 0 Å². The summed E-state index contributed by atoms with van der Waals surface area (Å²) in [7, 11) is 3.76. The Morgan fingerprint density at radius 2 is 1.56 bits per heavy atom. The van der Waals surface area contributed by atoms with Crippen LogP contribution in [0.15, 0.2) is 48.5 Å². The lowest BCUT2D eigenvalue weighted by molar-refractivity contribution is -0.122. The van der Waals surface area contributed by atoms with Crippen LogP contribution in [-0.2, 0) is 4.79 Å². The van der Waals surface area contributed by atoms with E-state index in [2.05, 4.69) is 34.3 Å². The van der Waals surface area contributed by atoms with Gasteiger partial charge in [-0.05, 0) is 62.5 Å². The largest absolute Gasteiger partial charge is 0.497 e. The molecule has 27 heavy (non-hydrogen) atoms. The van der Waals surface area contributed by atoms with Crippen LogP contribution in [0.2, 0.25) is 0 Å². The molecule has 0 aliphatic carbocycles. The minimum absolute atomic E-state index is 0.182. The Morgan fingerprint density at radius 1 is 0.963 bits per heavy atom. The van der Waals surface area contributed by atoms with E-state index in [4.69, 9.17) is 9.47 Å². The van der Waals surface area contributed by atoms with Crippen molar-refractivity contribution in [3.63, 3.8) is 0 Å². The number of hydrogen-bond donors (Lipinski definition) is 1. The number of rotatable bonds is 6. The summed E-state index contributed by atoms with van der Waals surface area (Å²) in [5.41, 5.74) is 1.95. The van der Waals surface area contributed by atoms with Gasteiger partial charge in [-0.25, -0.2) is 0 Å². The SMILES string of the molecule is COc1ccc(O[C@@H](C)C(=O)Nc2ccc(N3CCN(C)CC3)cc2)cc1. The molecule has 3 rings (SSSR count). The predicted octanol–water partition coefficient (Wildman–Crippen LogP) is 2.85. The lowest BCUT2D eigenvalue weighted by Crippen LogP contribution is -2.44. The van der Waals surface area contributed by atoms with Crippen molar-refractivity contribution in [1.82, 2.24) is 4.90 Å². The summed E-state index contributed by atoms with van der Waals surface area (Å²) in [5.74, 6) is 1.20. The number of benzene rings is 2. The van der Waals surface area contributed by atoms with Crippen molar-refractivity contribution >= 4 is 17.3 Å². The number of carbonyl (C=O) groups excluding carboxylic acids is 1. The fourth-order valence-corrected chi connectivity index (χ4v) is 2.98. The summed E-state index contributed by atoms with van der Waals surface area (Å²) in [5, 5.41) is 2.91. The van der Waals surface area contributed by atoms with Crippen LogP contribution < -0.4 is 19.7 Å². The normalized spacial score (nSPS) is 15.9. The van der Waals surface area contributed by atoms with Gasteiger partial charge >= 0.3 is 0 Å². The van der Waals surface area contributed by atoms with Gasteiger partial charge in [-0.3, -0.25) is 4.79 Å². The summed E-state index contributed by atoms with van der Waals surface area (Å²) in [6.07, 6.45) is -0.601. The molecule has 1 saturated heterocycles. The van der Waals surface area contributed by atoms with E-state index in [1.165, 1.54) is 5.69 Å². The molecule has 1 fully saturated rings. The number of piperazine rings is 1. The Balaban J connectivity index is 1.53. The topological polar surface area (TPSA) is 54.0 Å². The second-order valence-electron chi connectivity index (χ2n) is 6.76. The third-order valence-corrected chi connectivity index (χ3v) is 4.74. The Hall–Kier alpha value is -2.73. The van der Waals surface area contributed by atoms with Crippen molar-refractivity contribution in [2.45, 2.75) is 13.0 Å². The number of hydrogen-bond acceptors (Lipinski definition) is 5. The summed E-state index contributed by atoms with van der Waals surface area (Å²) < 4.78 is 10.8. The van der Waals surface area contributed by atoms with Gasteiger partial charge in [0, 0.05) is 37.6 Å². The first-order valence-corrected chi connectivity index (χ1v) is 9.20. The van der Waals surface area contributed by atoms with E-state index in [9.17, 15) is 4.79 Å². The maximum atomic E-state index is 12.4. The van der Waals surface area contributed by atoms with E-state index in [0.29, 0.717) is 5.75 Å². The molecule has 1 heterocycles. The van der Waals surface area contributed by atoms with Crippen LogP contribution >= 0.6 is 0 Å². The molecule has 1 aliphatic rings. The van der Waals surface area contributed by atoms with E-state index >= 15 is 0 Å². The summed E-state index contributed by atoms with van der Waals surface area (Å²) in [6.45, 7) is 5.92. The van der Waals surface area contributed by atoms with Gasteiger partial charge in [0.1, 0.15) is 11.5 Å². The predicted molar refractivity (Wildman–Crippen MR) is 108 cm³/mol. The standard InChI is InChI=1S/C21H27N3O3/c1-16(27-20-10-8-19(26-3)9-11-20)21(25)22-17-4-6-18(7-5-17)24-14-12-23(2)13-15-24/h4-11,16H,12-15H2,1-3H3,(H,22,25)/t16-/m0/s1. The zero-order chi connectivity index (χ0) is 19.2. The number of nitrogens with one attached hydrogen (secondary N) is 1. The van der Waals surface area contributed by atoms with Crippen molar-refractivity contribution in [3.05, 3.63) is 48.5 Å². The molecule has 2 aromatic rings. The van der Waals surface area contributed by atoms with Crippen molar-refractivity contribution in [3.8, 4) is 11.5 Å². The molecule has 1 aliphatic heterocycles. The van der Waals surface area contributed by atoms with Gasteiger partial charge in [-0.1, -0.05) is 0 Å². The fourth-order valence-electron chi connectivity index (χ4n) is 2.98. The molecule has 1 amide bonds. The average molecular weight is 369 g/mol. The summed E-state index contributed by atoms with van der Waals surface area (Å²) in [6, 6.07) is 15.2. The third-order valence-electron chi connectivity index (χ3n) is 4.74. The van der Waals surface area contributed by atoms with Gasteiger partial charge in [-0.15, -0.1) is 0 Å². The lowest BCUT2D eigenvalue weighted by Gasteiger charge is -2.34. The molecule has 6 heteroatoms. The molecule has 0 bridgehead atoms. The van der Waals surface area contributed by atoms with Crippen LogP contribution in [0.4, 0.5) is 11.4 Å². The van der Waals surface area contributed by atoms with E-state index in [-0.39, 0.29) is 5.91 Å². The Kier molecular flexibility index (Phi) is 6.19. The molecule has 1 N–H and O–H groups in total. The third kappa shape index (κ3) is 5.14. The quantitative estimate of drug-likeness (QED) is 0.849. The van der Waals surface area contributed by atoms with Gasteiger partial charge in [0.25, 0.3) is 5.91 Å². The number of carbonyl (C=O) groups is 1. The number of likely N-dealkylation sites (N-methyl/N-ethyl adjacent to an activating group) is 1. The van der Waals surface area contributed by atoms with Gasteiger partial charge < -0.3 is 24.6 Å². The molecule has 0 saturated carbocycles. The summed E-state index contributed by atoms with van der Waals surface area (Å²) in [4.78, 5) is 17.1. The lowest BCUT2D eigenvalue weighted by atomic mass is 10.2. The highest BCUT2D eigenvalue weighted by Crippen LogP contribution is 2.21. The van der Waals surface area contributed by atoms with Crippen LogP contribution in [0.1, 0.15) is 6.92 Å². The maximum Gasteiger partial charge on any atom is 0.265 e. The van der Waals surface area contributed by atoms with E-state index in [0.717, 1.165) is 37.6 Å². The van der Waals surface area contributed by atoms with E-state index in [1.807, 2.05) is 12.1 Å². The van der Waals surface area contributed by atoms with Gasteiger partial charge in [0.15, 0.2) is 6.10 Å². The Morgan fingerprint density at radius 3 is 2.15 bits per heavy atom. The van der Waals surface area contributed by atoms with Gasteiger partial charge in [0.05, 0.1) is 7.11 Å². The Labute approximate surface area is 160 Å². The van der Waals surface area contributed by atoms with E-state index < -0.39 is 6.10 Å². The number of nitrogens with zero attached hydrogens (tertiary/aromatic N) is 2. The molecule has 0 radical (unpaired) electrons. The number of methoxy groups -OCH3 is 1. The molecule has 0 unspecified atom stereocenters. The van der Waals surface area contributed by atoms with Gasteiger partial charge in [0.2, 0.25) is 0 Å². The summed E-state index contributed by atoms with van der Waals surface area (Å²) >= 11 is 0. The van der Waals surface area contributed by atoms with Crippen LogP contribution in [0.5, 0.6) is 11.5 Å². The second kappa shape index (κ2) is 8.77. The zero-order valence-electron chi connectivity index (χ0n) is 16.1. The highest BCUT2D eigenvalue weighted by atomic mass is 16.5. The van der Waals surface area contributed by atoms with Crippen LogP contribution in [0, 0.1) is 0 Å². The molecular weight excluding hydrogens is 342 g/mol. The first-order valence-electron chi connectivity index (χ1n) is 9.20. The highest BCUT2D eigenvalue weighted by Gasteiger charge is 2.16. The molecule has 2 aromatic carbocycles. The minimum atomic E-state index is -0.601. The molecule has 0 aromatic heterocycles. The average Bonchev–Trinajstić information content (AvgIpc) is 2.70. The first-order chi connectivity index (χ1) is 13.0.